The van der Waals surface area contributed by atoms with Crippen molar-refractivity contribution in [2.45, 2.75) is 0 Å². The Morgan fingerprint density at radius 3 is 2.22 bits per heavy atom. The first-order valence-corrected chi connectivity index (χ1v) is 9.63. The highest BCUT2D eigenvalue weighted by molar-refractivity contribution is 6.99. The van der Waals surface area contributed by atoms with Crippen LogP contribution in [0.2, 0.25) is 0 Å². The minimum Gasteiger partial charge on any atom is -0.466 e. The van der Waals surface area contributed by atoms with E-state index in [1.807, 2.05) is 24.3 Å². The van der Waals surface area contributed by atoms with Crippen LogP contribution >= 0.6 is 11.7 Å². The number of ketones is 1. The first-order chi connectivity index (χ1) is 13.3. The van der Waals surface area contributed by atoms with E-state index in [0.717, 1.165) is 43.7 Å². The summed E-state index contributed by atoms with van der Waals surface area (Å²) in [6, 6.07) is 19.5. The van der Waals surface area contributed by atoms with Crippen molar-refractivity contribution in [1.29, 1.82) is 0 Å². The summed E-state index contributed by atoms with van der Waals surface area (Å²) in [7, 11) is 0. The van der Waals surface area contributed by atoms with E-state index in [-0.39, 0.29) is 12.4 Å². The fourth-order valence-electron chi connectivity index (χ4n) is 3.12. The highest BCUT2D eigenvalue weighted by Gasteiger charge is 2.23. The van der Waals surface area contributed by atoms with Crippen LogP contribution in [-0.4, -0.2) is 47.3 Å². The van der Waals surface area contributed by atoms with Crippen LogP contribution in [0.25, 0.3) is 0 Å². The van der Waals surface area contributed by atoms with Crippen molar-refractivity contribution in [1.82, 2.24) is 8.75 Å². The molecule has 0 bridgehead atoms. The van der Waals surface area contributed by atoms with E-state index < -0.39 is 0 Å². The quantitative estimate of drug-likeness (QED) is 0.613. The number of rotatable bonds is 6. The van der Waals surface area contributed by atoms with Gasteiger partial charge in [0.25, 0.3) is 5.88 Å². The summed E-state index contributed by atoms with van der Waals surface area (Å²) in [5.41, 5.74) is 1.87. The van der Waals surface area contributed by atoms with Crippen molar-refractivity contribution < 1.29 is 9.53 Å². The molecule has 1 saturated heterocycles. The Balaban J connectivity index is 1.36. The number of ether oxygens (including phenoxy) is 1. The smallest absolute Gasteiger partial charge is 0.271 e. The molecule has 1 aliphatic rings. The van der Waals surface area contributed by atoms with Gasteiger partial charge in [-0.15, -0.1) is 4.37 Å². The van der Waals surface area contributed by atoms with Gasteiger partial charge in [0.1, 0.15) is 0 Å². The van der Waals surface area contributed by atoms with Crippen LogP contribution in [0.1, 0.15) is 10.4 Å². The molecule has 0 atom stereocenters. The molecule has 0 amide bonds. The van der Waals surface area contributed by atoms with Crippen molar-refractivity contribution in [3.8, 4) is 5.88 Å². The summed E-state index contributed by atoms with van der Waals surface area (Å²) in [4.78, 5) is 16.8. The highest BCUT2D eigenvalue weighted by atomic mass is 32.1. The van der Waals surface area contributed by atoms with Gasteiger partial charge in [0, 0.05) is 37.4 Å². The summed E-state index contributed by atoms with van der Waals surface area (Å²) in [5.74, 6) is 1.11. The van der Waals surface area contributed by atoms with Gasteiger partial charge in [0.2, 0.25) is 5.82 Å². The second-order valence-electron chi connectivity index (χ2n) is 6.28. The van der Waals surface area contributed by atoms with Crippen LogP contribution in [0.15, 0.2) is 60.7 Å². The summed E-state index contributed by atoms with van der Waals surface area (Å²) in [6.07, 6.45) is 0. The number of hydrogen-bond donors (Lipinski definition) is 0. The second kappa shape index (κ2) is 8.18. The molecule has 0 spiro atoms. The summed E-state index contributed by atoms with van der Waals surface area (Å²) < 4.78 is 14.3. The highest BCUT2D eigenvalue weighted by Crippen LogP contribution is 2.27. The number of para-hydroxylation sites is 1. The Hall–Kier alpha value is -2.93. The molecule has 2 aromatic carbocycles. The monoisotopic (exact) mass is 380 g/mol. The maximum atomic E-state index is 12.2. The van der Waals surface area contributed by atoms with Crippen molar-refractivity contribution in [2.24, 2.45) is 0 Å². The number of aromatic nitrogens is 2. The lowest BCUT2D eigenvalue weighted by Crippen LogP contribution is -2.46. The molecule has 0 aliphatic carbocycles. The Labute approximate surface area is 162 Å². The van der Waals surface area contributed by atoms with E-state index in [0.29, 0.717) is 11.4 Å². The third-order valence-corrected chi connectivity index (χ3v) is 5.08. The average molecular weight is 380 g/mol. The number of benzene rings is 2. The molecule has 0 unspecified atom stereocenters. The Morgan fingerprint density at radius 2 is 1.52 bits per heavy atom. The van der Waals surface area contributed by atoms with Crippen molar-refractivity contribution in [3.05, 3.63) is 66.2 Å². The van der Waals surface area contributed by atoms with Crippen LogP contribution in [0.3, 0.4) is 0 Å². The molecule has 7 heteroatoms. The predicted octanol–water partition coefficient (Wildman–Crippen LogP) is 3.13. The number of hydrogen-bond acceptors (Lipinski definition) is 7. The number of piperazine rings is 1. The van der Waals surface area contributed by atoms with E-state index in [4.69, 9.17) is 4.74 Å². The van der Waals surface area contributed by atoms with Crippen LogP contribution in [0.4, 0.5) is 11.5 Å². The average Bonchev–Trinajstić information content (AvgIpc) is 3.22. The SMILES string of the molecule is O=C(COc1nsnc1N1CCN(c2ccccc2)CC1)c1ccccc1. The Bertz CT molecular complexity index is 877. The van der Waals surface area contributed by atoms with Crippen molar-refractivity contribution >= 4 is 29.0 Å². The molecule has 3 aromatic rings. The first-order valence-electron chi connectivity index (χ1n) is 8.90. The molecule has 1 aromatic heterocycles. The molecule has 0 radical (unpaired) electrons. The Kier molecular flexibility index (Phi) is 5.29. The van der Waals surface area contributed by atoms with Gasteiger partial charge in [0.05, 0.1) is 11.7 Å². The van der Waals surface area contributed by atoms with Gasteiger partial charge in [-0.1, -0.05) is 48.5 Å². The van der Waals surface area contributed by atoms with Crippen LogP contribution < -0.4 is 14.5 Å². The maximum Gasteiger partial charge on any atom is 0.271 e. The fourth-order valence-corrected chi connectivity index (χ4v) is 3.64. The maximum absolute atomic E-state index is 12.2. The molecule has 4 rings (SSSR count). The number of anilines is 2. The number of carbonyl (C=O) groups excluding carboxylic acids is 1. The molecular weight excluding hydrogens is 360 g/mol. The van der Waals surface area contributed by atoms with Crippen molar-refractivity contribution in [3.63, 3.8) is 0 Å². The molecule has 0 saturated carbocycles. The number of Topliss-reactive ketones (excluding diaryl/α,β-unsaturated/α-hetero) is 1. The lowest BCUT2D eigenvalue weighted by molar-refractivity contribution is 0.0919. The molecule has 27 heavy (non-hydrogen) atoms. The predicted molar refractivity (Wildman–Crippen MR) is 107 cm³/mol. The molecule has 2 heterocycles. The van der Waals surface area contributed by atoms with E-state index in [2.05, 4.69) is 42.8 Å². The normalized spacial score (nSPS) is 14.2. The Morgan fingerprint density at radius 1 is 0.889 bits per heavy atom. The van der Waals surface area contributed by atoms with Gasteiger partial charge in [-0.05, 0) is 12.1 Å². The third-order valence-electron chi connectivity index (χ3n) is 4.58. The summed E-state index contributed by atoms with van der Waals surface area (Å²) in [6.45, 7) is 3.45. The number of carbonyl (C=O) groups is 1. The third kappa shape index (κ3) is 4.09. The van der Waals surface area contributed by atoms with Crippen LogP contribution in [-0.2, 0) is 0 Å². The zero-order chi connectivity index (χ0) is 18.5. The minimum atomic E-state index is -0.0663. The topological polar surface area (TPSA) is 58.6 Å². The molecular formula is C20H20N4O2S. The molecule has 1 aliphatic heterocycles. The molecule has 138 valence electrons. The van der Waals surface area contributed by atoms with E-state index >= 15 is 0 Å². The van der Waals surface area contributed by atoms with Gasteiger partial charge in [-0.25, -0.2) is 0 Å². The molecule has 6 nitrogen and oxygen atoms in total. The van der Waals surface area contributed by atoms with Crippen LogP contribution in [0, 0.1) is 0 Å². The summed E-state index contributed by atoms with van der Waals surface area (Å²) >= 11 is 1.11. The van der Waals surface area contributed by atoms with E-state index in [1.165, 1.54) is 5.69 Å². The summed E-state index contributed by atoms with van der Waals surface area (Å²) in [5, 5.41) is 0. The lowest BCUT2D eigenvalue weighted by atomic mass is 10.1. The van der Waals surface area contributed by atoms with Crippen molar-refractivity contribution in [2.75, 3.05) is 42.6 Å². The fraction of sp³-hybridized carbons (Fsp3) is 0.250. The zero-order valence-electron chi connectivity index (χ0n) is 14.8. The largest absolute Gasteiger partial charge is 0.466 e. The van der Waals surface area contributed by atoms with Gasteiger partial charge in [0.15, 0.2) is 12.4 Å². The van der Waals surface area contributed by atoms with Gasteiger partial charge >= 0.3 is 0 Å². The van der Waals surface area contributed by atoms with E-state index in [9.17, 15) is 4.79 Å². The minimum absolute atomic E-state index is 0.0353. The van der Waals surface area contributed by atoms with Gasteiger partial charge in [-0.2, -0.15) is 4.37 Å². The lowest BCUT2D eigenvalue weighted by Gasteiger charge is -2.36. The molecule has 1 fully saturated rings. The zero-order valence-corrected chi connectivity index (χ0v) is 15.6. The van der Waals surface area contributed by atoms with Crippen LogP contribution in [0.5, 0.6) is 5.88 Å². The standard InChI is InChI=1S/C20H20N4O2S/c25-18(16-7-3-1-4-8-16)15-26-20-19(21-27-22-20)24-13-11-23(12-14-24)17-9-5-2-6-10-17/h1-10H,11-15H2. The second-order valence-corrected chi connectivity index (χ2v) is 6.81. The molecule has 0 N–H and O–H groups in total. The van der Waals surface area contributed by atoms with Gasteiger partial charge in [-0.3, -0.25) is 4.79 Å². The number of nitrogens with zero attached hydrogens (tertiary/aromatic N) is 4. The van der Waals surface area contributed by atoms with E-state index in [1.54, 1.807) is 12.1 Å². The first kappa shape index (κ1) is 17.5. The van der Waals surface area contributed by atoms with Gasteiger partial charge < -0.3 is 14.5 Å².